The monoisotopic (exact) mass is 450 g/mol. The molecule has 0 spiro atoms. The molecule has 1 amide bonds. The fourth-order valence-electron chi connectivity index (χ4n) is 3.44. The Balaban J connectivity index is 1.70. The number of sulfonamides is 1. The van der Waals surface area contributed by atoms with E-state index in [9.17, 15) is 21.6 Å². The Hall–Kier alpha value is -2.23. The van der Waals surface area contributed by atoms with E-state index in [0.29, 0.717) is 19.5 Å². The fourth-order valence-corrected chi connectivity index (χ4v) is 6.49. The van der Waals surface area contributed by atoms with Gasteiger partial charge >= 0.3 is 0 Å². The van der Waals surface area contributed by atoms with Crippen molar-refractivity contribution in [2.75, 3.05) is 18.8 Å². The van der Waals surface area contributed by atoms with Gasteiger partial charge in [0.2, 0.25) is 10.0 Å². The van der Waals surface area contributed by atoms with E-state index in [4.69, 9.17) is 0 Å². The molecule has 3 rings (SSSR count). The van der Waals surface area contributed by atoms with Crippen LogP contribution < -0.4 is 5.32 Å². The maximum Gasteiger partial charge on any atom is 0.252 e. The van der Waals surface area contributed by atoms with Crippen molar-refractivity contribution in [3.05, 3.63) is 59.7 Å². The van der Waals surface area contributed by atoms with Gasteiger partial charge in [0.15, 0.2) is 9.84 Å². The number of hydrogen-bond acceptors (Lipinski definition) is 5. The van der Waals surface area contributed by atoms with Crippen LogP contribution in [0.4, 0.5) is 0 Å². The number of carbonyl (C=O) groups excluding carboxylic acids is 1. The van der Waals surface area contributed by atoms with E-state index in [1.54, 1.807) is 31.2 Å². The van der Waals surface area contributed by atoms with E-state index < -0.39 is 25.8 Å². The molecule has 0 atom stereocenters. The van der Waals surface area contributed by atoms with Gasteiger partial charge < -0.3 is 5.32 Å². The molecule has 0 bridgehead atoms. The lowest BCUT2D eigenvalue weighted by Crippen LogP contribution is -2.28. The van der Waals surface area contributed by atoms with Crippen LogP contribution in [0.2, 0.25) is 0 Å². The highest BCUT2D eigenvalue weighted by atomic mass is 32.2. The molecule has 0 aromatic heterocycles. The molecule has 9 heteroatoms. The maximum absolute atomic E-state index is 12.6. The molecular formula is C21H26N2O5S2. The number of amides is 1. The molecule has 7 nitrogen and oxygen atoms in total. The van der Waals surface area contributed by atoms with Gasteiger partial charge in [0.25, 0.3) is 5.91 Å². The molecular weight excluding hydrogens is 424 g/mol. The number of carbonyl (C=O) groups is 1. The summed E-state index contributed by atoms with van der Waals surface area (Å²) in [5.41, 5.74) is 0.830. The predicted molar refractivity (Wildman–Crippen MR) is 114 cm³/mol. The lowest BCUT2D eigenvalue weighted by atomic mass is 10.2. The molecule has 1 N–H and O–H groups in total. The Kier molecular flexibility index (Phi) is 6.95. The molecule has 2 aromatic rings. The van der Waals surface area contributed by atoms with Crippen LogP contribution in [0.15, 0.2) is 58.3 Å². The summed E-state index contributed by atoms with van der Waals surface area (Å²) in [7, 11) is -7.01. The number of hydrogen-bond donors (Lipinski definition) is 1. The molecule has 1 aliphatic heterocycles. The van der Waals surface area contributed by atoms with Crippen LogP contribution in [0.5, 0.6) is 0 Å². The van der Waals surface area contributed by atoms with Crippen molar-refractivity contribution in [1.29, 1.82) is 0 Å². The van der Waals surface area contributed by atoms with Gasteiger partial charge in [-0.1, -0.05) is 31.2 Å². The van der Waals surface area contributed by atoms with Crippen molar-refractivity contribution in [3.63, 3.8) is 0 Å². The van der Waals surface area contributed by atoms with E-state index in [0.717, 1.165) is 18.4 Å². The molecule has 1 saturated heterocycles. The van der Waals surface area contributed by atoms with Crippen LogP contribution in [-0.2, 0) is 26.4 Å². The molecule has 1 aliphatic rings. The standard InChI is InChI=1S/C21H26N2O5S2/c1-2-15-29(25,26)20-8-4-3-7-19(20)21(24)22-16-17-9-11-18(12-10-17)30(27,28)23-13-5-6-14-23/h3-4,7-12H,2,5-6,13-16H2,1H3,(H,22,24). The summed E-state index contributed by atoms with van der Waals surface area (Å²) in [6.07, 6.45) is 2.21. The van der Waals surface area contributed by atoms with Gasteiger partial charge in [-0.05, 0) is 49.1 Å². The van der Waals surface area contributed by atoms with Gasteiger partial charge in [0, 0.05) is 19.6 Å². The summed E-state index contributed by atoms with van der Waals surface area (Å²) in [5.74, 6) is -0.511. The number of nitrogens with zero attached hydrogens (tertiary/aromatic N) is 1. The van der Waals surface area contributed by atoms with Gasteiger partial charge in [0.1, 0.15) is 0 Å². The van der Waals surface area contributed by atoms with E-state index in [-0.39, 0.29) is 27.7 Å². The Labute approximate surface area is 178 Å². The number of rotatable bonds is 8. The summed E-state index contributed by atoms with van der Waals surface area (Å²) >= 11 is 0. The second kappa shape index (κ2) is 9.28. The van der Waals surface area contributed by atoms with E-state index >= 15 is 0 Å². The minimum atomic E-state index is -3.53. The topological polar surface area (TPSA) is 101 Å². The highest BCUT2D eigenvalue weighted by Crippen LogP contribution is 2.21. The van der Waals surface area contributed by atoms with Crippen molar-refractivity contribution in [3.8, 4) is 0 Å². The zero-order valence-electron chi connectivity index (χ0n) is 16.9. The smallest absolute Gasteiger partial charge is 0.252 e. The van der Waals surface area contributed by atoms with E-state index in [1.807, 2.05) is 0 Å². The van der Waals surface area contributed by atoms with Crippen LogP contribution in [0, 0.1) is 0 Å². The van der Waals surface area contributed by atoms with Crippen molar-refractivity contribution in [1.82, 2.24) is 9.62 Å². The molecule has 2 aromatic carbocycles. The highest BCUT2D eigenvalue weighted by molar-refractivity contribution is 7.91. The zero-order valence-corrected chi connectivity index (χ0v) is 18.5. The summed E-state index contributed by atoms with van der Waals surface area (Å²) in [6.45, 7) is 3.01. The predicted octanol–water partition coefficient (Wildman–Crippen LogP) is 2.58. The summed E-state index contributed by atoms with van der Waals surface area (Å²) in [4.78, 5) is 12.9. The third-order valence-corrected chi connectivity index (χ3v) is 8.90. The highest BCUT2D eigenvalue weighted by Gasteiger charge is 2.27. The molecule has 30 heavy (non-hydrogen) atoms. The summed E-state index contributed by atoms with van der Waals surface area (Å²) in [6, 6.07) is 12.5. The minimum Gasteiger partial charge on any atom is -0.348 e. The third kappa shape index (κ3) is 4.91. The molecule has 0 saturated carbocycles. The van der Waals surface area contributed by atoms with Crippen molar-refractivity contribution in [2.24, 2.45) is 0 Å². The lowest BCUT2D eigenvalue weighted by Gasteiger charge is -2.15. The number of benzene rings is 2. The molecule has 0 radical (unpaired) electrons. The molecule has 1 fully saturated rings. The summed E-state index contributed by atoms with van der Waals surface area (Å²) < 4.78 is 51.5. The minimum absolute atomic E-state index is 0.0236. The van der Waals surface area contributed by atoms with Crippen molar-refractivity contribution in [2.45, 2.75) is 42.5 Å². The second-order valence-electron chi connectivity index (χ2n) is 7.25. The Bertz CT molecular complexity index is 1100. The third-order valence-electron chi connectivity index (χ3n) is 5.02. The first-order valence-electron chi connectivity index (χ1n) is 9.95. The van der Waals surface area contributed by atoms with E-state index in [1.165, 1.54) is 28.6 Å². The van der Waals surface area contributed by atoms with Crippen molar-refractivity contribution < 1.29 is 21.6 Å². The Morgan fingerprint density at radius 2 is 1.60 bits per heavy atom. The first kappa shape index (κ1) is 22.5. The SMILES string of the molecule is CCCS(=O)(=O)c1ccccc1C(=O)NCc1ccc(S(=O)(=O)N2CCCC2)cc1. The normalized spacial score (nSPS) is 15.2. The van der Waals surface area contributed by atoms with Gasteiger partial charge in [0.05, 0.1) is 21.1 Å². The Morgan fingerprint density at radius 3 is 2.23 bits per heavy atom. The van der Waals surface area contributed by atoms with Gasteiger partial charge in [-0.3, -0.25) is 4.79 Å². The molecule has 1 heterocycles. The summed E-state index contributed by atoms with van der Waals surface area (Å²) in [5, 5.41) is 2.72. The first-order valence-corrected chi connectivity index (χ1v) is 13.0. The van der Waals surface area contributed by atoms with Crippen LogP contribution in [-0.4, -0.2) is 45.9 Å². The van der Waals surface area contributed by atoms with Crippen LogP contribution in [0.1, 0.15) is 42.1 Å². The maximum atomic E-state index is 12.6. The Morgan fingerprint density at radius 1 is 0.967 bits per heavy atom. The second-order valence-corrected chi connectivity index (χ2v) is 11.3. The zero-order chi connectivity index (χ0) is 21.8. The average Bonchev–Trinajstić information content (AvgIpc) is 3.28. The van der Waals surface area contributed by atoms with Crippen LogP contribution >= 0.6 is 0 Å². The van der Waals surface area contributed by atoms with Gasteiger partial charge in [-0.25, -0.2) is 16.8 Å². The van der Waals surface area contributed by atoms with Crippen LogP contribution in [0.3, 0.4) is 0 Å². The fraction of sp³-hybridized carbons (Fsp3) is 0.381. The molecule has 162 valence electrons. The number of nitrogens with one attached hydrogen (secondary N) is 1. The van der Waals surface area contributed by atoms with Gasteiger partial charge in [-0.2, -0.15) is 4.31 Å². The largest absolute Gasteiger partial charge is 0.348 e. The lowest BCUT2D eigenvalue weighted by molar-refractivity contribution is 0.0947. The number of sulfone groups is 1. The van der Waals surface area contributed by atoms with Gasteiger partial charge in [-0.15, -0.1) is 0 Å². The first-order chi connectivity index (χ1) is 14.3. The van der Waals surface area contributed by atoms with E-state index in [2.05, 4.69) is 5.32 Å². The van der Waals surface area contributed by atoms with Crippen LogP contribution in [0.25, 0.3) is 0 Å². The average molecular weight is 451 g/mol. The van der Waals surface area contributed by atoms with Crippen molar-refractivity contribution >= 4 is 25.8 Å². The quantitative estimate of drug-likeness (QED) is 0.666. The molecule has 0 unspecified atom stereocenters. The molecule has 0 aliphatic carbocycles.